The Balaban J connectivity index is 1.48. The molecule has 0 aliphatic carbocycles. The molecule has 2 aromatic rings. The maximum Gasteiger partial charge on any atom is 0.338 e. The highest BCUT2D eigenvalue weighted by Crippen LogP contribution is 2.21. The van der Waals surface area contributed by atoms with Gasteiger partial charge in [0.15, 0.2) is 0 Å². The number of amides is 1. The highest BCUT2D eigenvalue weighted by atomic mass is 16.5. The quantitative estimate of drug-likeness (QED) is 0.598. The lowest BCUT2D eigenvalue weighted by atomic mass is 10.1. The molecule has 1 aromatic carbocycles. The second-order valence-corrected chi connectivity index (χ2v) is 6.14. The predicted octanol–water partition coefficient (Wildman–Crippen LogP) is 3.39. The van der Waals surface area contributed by atoms with E-state index in [4.69, 9.17) is 4.74 Å². The van der Waals surface area contributed by atoms with Crippen molar-refractivity contribution in [3.8, 4) is 0 Å². The van der Waals surface area contributed by atoms with Crippen LogP contribution in [0.15, 0.2) is 48.8 Å². The minimum atomic E-state index is -0.328. The van der Waals surface area contributed by atoms with Gasteiger partial charge in [-0.2, -0.15) is 0 Å². The molecule has 1 fully saturated rings. The summed E-state index contributed by atoms with van der Waals surface area (Å²) in [6.07, 6.45) is 7.72. The number of pyridine rings is 1. The van der Waals surface area contributed by atoms with Gasteiger partial charge in [0.05, 0.1) is 12.2 Å². The highest BCUT2D eigenvalue weighted by molar-refractivity contribution is 5.95. The fraction of sp³-hybridized carbons (Fsp3) is 0.350. The molecular formula is C20H22N2O3. The van der Waals surface area contributed by atoms with Crippen molar-refractivity contribution >= 4 is 17.6 Å². The zero-order chi connectivity index (χ0) is 17.5. The van der Waals surface area contributed by atoms with Crippen LogP contribution in [0.3, 0.4) is 0 Å². The molecule has 5 nitrogen and oxygen atoms in total. The van der Waals surface area contributed by atoms with Gasteiger partial charge in [-0.1, -0.05) is 0 Å². The number of carbonyl (C=O) groups excluding carboxylic acids is 2. The number of carbonyl (C=O) groups is 2. The van der Waals surface area contributed by atoms with Gasteiger partial charge in [0, 0.05) is 31.0 Å². The minimum absolute atomic E-state index is 0.151. The van der Waals surface area contributed by atoms with Gasteiger partial charge >= 0.3 is 5.97 Å². The lowest BCUT2D eigenvalue weighted by molar-refractivity contribution is -0.119. The van der Waals surface area contributed by atoms with Gasteiger partial charge in [-0.05, 0) is 67.6 Å². The molecule has 5 heteroatoms. The van der Waals surface area contributed by atoms with Crippen LogP contribution in [0.25, 0.3) is 0 Å². The lowest BCUT2D eigenvalue weighted by Gasteiger charge is -2.26. The number of aryl methyl sites for hydroxylation is 1. The third-order valence-electron chi connectivity index (χ3n) is 4.33. The second kappa shape index (κ2) is 8.42. The smallest absolute Gasteiger partial charge is 0.338 e. The zero-order valence-electron chi connectivity index (χ0n) is 14.2. The van der Waals surface area contributed by atoms with Crippen LogP contribution in [0.2, 0.25) is 0 Å². The van der Waals surface area contributed by atoms with Crippen molar-refractivity contribution in [1.29, 1.82) is 0 Å². The monoisotopic (exact) mass is 338 g/mol. The van der Waals surface area contributed by atoms with Crippen LogP contribution < -0.4 is 4.90 Å². The van der Waals surface area contributed by atoms with E-state index in [1.807, 2.05) is 24.3 Å². The van der Waals surface area contributed by atoms with Crippen LogP contribution in [-0.4, -0.2) is 30.0 Å². The van der Waals surface area contributed by atoms with Crippen molar-refractivity contribution < 1.29 is 14.3 Å². The number of ether oxygens (including phenoxy) is 1. The Kier molecular flexibility index (Phi) is 5.77. The van der Waals surface area contributed by atoms with Crippen LogP contribution in [0.5, 0.6) is 0 Å². The van der Waals surface area contributed by atoms with Gasteiger partial charge in [0.2, 0.25) is 5.91 Å². The van der Waals surface area contributed by atoms with E-state index in [1.54, 1.807) is 29.4 Å². The van der Waals surface area contributed by atoms with E-state index < -0.39 is 0 Å². The van der Waals surface area contributed by atoms with Crippen molar-refractivity contribution in [3.05, 3.63) is 59.9 Å². The van der Waals surface area contributed by atoms with E-state index in [0.29, 0.717) is 18.6 Å². The van der Waals surface area contributed by atoms with Gasteiger partial charge in [-0.25, -0.2) is 4.79 Å². The Morgan fingerprint density at radius 2 is 1.84 bits per heavy atom. The standard InChI is InChI=1S/C20H22N2O3/c23-19-5-1-2-14-22(19)18-8-6-17(7-9-18)20(24)25-15-3-4-16-10-12-21-13-11-16/h6-13H,1-5,14-15H2. The summed E-state index contributed by atoms with van der Waals surface area (Å²) < 4.78 is 5.32. The van der Waals surface area contributed by atoms with Gasteiger partial charge in [0.1, 0.15) is 0 Å². The molecule has 1 aliphatic heterocycles. The first-order valence-corrected chi connectivity index (χ1v) is 8.70. The molecule has 0 N–H and O–H groups in total. The maximum absolute atomic E-state index is 12.1. The van der Waals surface area contributed by atoms with Crippen LogP contribution in [-0.2, 0) is 16.0 Å². The average molecular weight is 338 g/mol. The fourth-order valence-corrected chi connectivity index (χ4v) is 2.93. The number of hydrogen-bond donors (Lipinski definition) is 0. The molecule has 0 unspecified atom stereocenters. The van der Waals surface area contributed by atoms with Crippen molar-refractivity contribution in [2.45, 2.75) is 32.1 Å². The van der Waals surface area contributed by atoms with E-state index in [1.165, 1.54) is 5.56 Å². The third kappa shape index (κ3) is 4.66. The molecule has 0 spiro atoms. The molecule has 25 heavy (non-hydrogen) atoms. The van der Waals surface area contributed by atoms with Gasteiger partial charge in [-0.15, -0.1) is 0 Å². The van der Waals surface area contributed by atoms with Gasteiger partial charge < -0.3 is 9.64 Å². The minimum Gasteiger partial charge on any atom is -0.462 e. The van der Waals surface area contributed by atoms with Gasteiger partial charge in [-0.3, -0.25) is 9.78 Å². The summed E-state index contributed by atoms with van der Waals surface area (Å²) in [6, 6.07) is 11.0. The predicted molar refractivity (Wildman–Crippen MR) is 95.5 cm³/mol. The number of nitrogens with zero attached hydrogens (tertiary/aromatic N) is 2. The summed E-state index contributed by atoms with van der Waals surface area (Å²) in [6.45, 7) is 1.13. The summed E-state index contributed by atoms with van der Waals surface area (Å²) in [7, 11) is 0. The Labute approximate surface area is 147 Å². The topological polar surface area (TPSA) is 59.5 Å². The molecule has 0 saturated carbocycles. The van der Waals surface area contributed by atoms with Crippen molar-refractivity contribution in [2.24, 2.45) is 0 Å². The van der Waals surface area contributed by atoms with Crippen LogP contribution >= 0.6 is 0 Å². The summed E-state index contributed by atoms with van der Waals surface area (Å²) in [5.41, 5.74) is 2.54. The molecule has 3 rings (SSSR count). The summed E-state index contributed by atoms with van der Waals surface area (Å²) in [4.78, 5) is 29.8. The second-order valence-electron chi connectivity index (χ2n) is 6.14. The molecule has 0 radical (unpaired) electrons. The van der Waals surface area contributed by atoms with Crippen molar-refractivity contribution in [3.63, 3.8) is 0 Å². The molecule has 0 atom stereocenters. The third-order valence-corrected chi connectivity index (χ3v) is 4.33. The number of esters is 1. The van der Waals surface area contributed by atoms with E-state index in [9.17, 15) is 9.59 Å². The maximum atomic E-state index is 12.1. The average Bonchev–Trinajstić information content (AvgIpc) is 2.66. The number of benzene rings is 1. The summed E-state index contributed by atoms with van der Waals surface area (Å²) in [5, 5.41) is 0. The molecule has 2 heterocycles. The highest BCUT2D eigenvalue weighted by Gasteiger charge is 2.19. The molecule has 130 valence electrons. The van der Waals surface area contributed by atoms with Crippen LogP contribution in [0.4, 0.5) is 5.69 Å². The van der Waals surface area contributed by atoms with E-state index in [2.05, 4.69) is 4.98 Å². The number of hydrogen-bond acceptors (Lipinski definition) is 4. The Morgan fingerprint density at radius 3 is 2.56 bits per heavy atom. The first-order chi connectivity index (χ1) is 12.2. The van der Waals surface area contributed by atoms with E-state index in [-0.39, 0.29) is 11.9 Å². The molecule has 1 saturated heterocycles. The molecule has 1 aliphatic rings. The SMILES string of the molecule is O=C(OCCCc1ccncc1)c1ccc(N2CCCCC2=O)cc1. The van der Waals surface area contributed by atoms with E-state index in [0.717, 1.165) is 37.9 Å². The van der Waals surface area contributed by atoms with Crippen molar-refractivity contribution in [2.75, 3.05) is 18.1 Å². The zero-order valence-corrected chi connectivity index (χ0v) is 14.2. The molecule has 0 bridgehead atoms. The first-order valence-electron chi connectivity index (χ1n) is 8.70. The van der Waals surface area contributed by atoms with Crippen LogP contribution in [0.1, 0.15) is 41.6 Å². The number of aromatic nitrogens is 1. The van der Waals surface area contributed by atoms with Gasteiger partial charge in [0.25, 0.3) is 0 Å². The first kappa shape index (κ1) is 17.1. The van der Waals surface area contributed by atoms with Crippen LogP contribution in [0, 0.1) is 0 Å². The number of rotatable bonds is 6. The Bertz CT molecular complexity index is 713. The van der Waals surface area contributed by atoms with Crippen molar-refractivity contribution in [1.82, 2.24) is 4.98 Å². The summed E-state index contributed by atoms with van der Waals surface area (Å²) >= 11 is 0. The van der Waals surface area contributed by atoms with E-state index >= 15 is 0 Å². The molecular weight excluding hydrogens is 316 g/mol. The molecule has 1 aromatic heterocycles. The number of anilines is 1. The number of piperidine rings is 1. The fourth-order valence-electron chi connectivity index (χ4n) is 2.93. The normalized spacial score (nSPS) is 14.4. The lowest BCUT2D eigenvalue weighted by Crippen LogP contribution is -2.35. The Morgan fingerprint density at radius 1 is 1.08 bits per heavy atom. The Hall–Kier alpha value is -2.69. The molecule has 1 amide bonds. The summed E-state index contributed by atoms with van der Waals surface area (Å²) in [5.74, 6) is -0.177. The largest absolute Gasteiger partial charge is 0.462 e.